The number of nitrogens with zero attached hydrogens (tertiary/aromatic N) is 1. The average Bonchev–Trinajstić information content (AvgIpc) is 2.50. The van der Waals surface area contributed by atoms with E-state index in [1.807, 2.05) is 0 Å². The van der Waals surface area contributed by atoms with Crippen molar-refractivity contribution >= 4 is 0 Å². The molecule has 0 spiro atoms. The van der Waals surface area contributed by atoms with Crippen LogP contribution in [0.2, 0.25) is 0 Å². The maximum atomic E-state index is 3.74. The minimum absolute atomic E-state index is 0.442. The number of likely N-dealkylation sites (N-methyl/N-ethyl adjacent to an activating group) is 1. The number of benzene rings is 1. The summed E-state index contributed by atoms with van der Waals surface area (Å²) in [5.74, 6) is 0.878. The van der Waals surface area contributed by atoms with Crippen LogP contribution in [-0.2, 0) is 0 Å². The lowest BCUT2D eigenvalue weighted by Crippen LogP contribution is -2.51. The van der Waals surface area contributed by atoms with Crippen LogP contribution in [0.5, 0.6) is 0 Å². The van der Waals surface area contributed by atoms with Crippen LogP contribution in [0.4, 0.5) is 0 Å². The van der Waals surface area contributed by atoms with Crippen LogP contribution in [0.3, 0.4) is 0 Å². The van der Waals surface area contributed by atoms with Gasteiger partial charge in [-0.1, -0.05) is 51.1 Å². The van der Waals surface area contributed by atoms with Crippen molar-refractivity contribution in [2.24, 2.45) is 5.92 Å². The van der Waals surface area contributed by atoms with Crippen LogP contribution in [0.15, 0.2) is 30.3 Å². The van der Waals surface area contributed by atoms with Gasteiger partial charge < -0.3 is 5.32 Å². The summed E-state index contributed by atoms with van der Waals surface area (Å²) in [7, 11) is 0. The predicted molar refractivity (Wildman–Crippen MR) is 91.5 cm³/mol. The maximum Gasteiger partial charge on any atom is 0.0478 e. The third-order valence-corrected chi connectivity index (χ3v) is 5.00. The van der Waals surface area contributed by atoms with Gasteiger partial charge in [-0.05, 0) is 50.8 Å². The molecule has 118 valence electrons. The van der Waals surface area contributed by atoms with Gasteiger partial charge in [0, 0.05) is 18.1 Å². The van der Waals surface area contributed by atoms with Crippen molar-refractivity contribution in [2.75, 3.05) is 13.1 Å². The van der Waals surface area contributed by atoms with Gasteiger partial charge in [-0.25, -0.2) is 0 Å². The molecule has 21 heavy (non-hydrogen) atoms. The van der Waals surface area contributed by atoms with Crippen molar-refractivity contribution in [3.63, 3.8) is 0 Å². The highest BCUT2D eigenvalue weighted by molar-refractivity contribution is 5.21. The molecule has 1 heterocycles. The van der Waals surface area contributed by atoms with Crippen molar-refractivity contribution in [2.45, 2.75) is 65.1 Å². The Hall–Kier alpha value is -0.860. The minimum Gasteiger partial charge on any atom is -0.309 e. The van der Waals surface area contributed by atoms with E-state index in [-0.39, 0.29) is 0 Å². The number of nitrogens with one attached hydrogen (secondary N) is 1. The Labute approximate surface area is 130 Å². The Bertz CT molecular complexity index is 403. The van der Waals surface area contributed by atoms with Crippen LogP contribution < -0.4 is 5.32 Å². The summed E-state index contributed by atoms with van der Waals surface area (Å²) in [4.78, 5) is 2.75. The molecule has 0 radical (unpaired) electrons. The van der Waals surface area contributed by atoms with Crippen LogP contribution in [-0.4, -0.2) is 30.1 Å². The Morgan fingerprint density at radius 1 is 1.19 bits per heavy atom. The summed E-state index contributed by atoms with van der Waals surface area (Å²) in [5, 5.41) is 3.74. The van der Waals surface area contributed by atoms with Gasteiger partial charge >= 0.3 is 0 Å². The zero-order chi connectivity index (χ0) is 15.2. The van der Waals surface area contributed by atoms with Crippen molar-refractivity contribution < 1.29 is 0 Å². The fourth-order valence-corrected chi connectivity index (χ4v) is 3.94. The van der Waals surface area contributed by atoms with E-state index in [1.54, 1.807) is 0 Å². The molecule has 0 aromatic heterocycles. The first-order chi connectivity index (χ1) is 10.2. The van der Waals surface area contributed by atoms with Crippen LogP contribution in [0.1, 0.15) is 58.6 Å². The fraction of sp³-hybridized carbons (Fsp3) is 0.684. The minimum atomic E-state index is 0.442. The molecule has 4 unspecified atom stereocenters. The highest BCUT2D eigenvalue weighted by Gasteiger charge is 2.32. The second kappa shape index (κ2) is 7.95. The van der Waals surface area contributed by atoms with E-state index >= 15 is 0 Å². The normalized spacial score (nSPS) is 26.5. The fourth-order valence-electron chi connectivity index (χ4n) is 3.94. The lowest BCUT2D eigenvalue weighted by molar-refractivity contribution is 0.0592. The van der Waals surface area contributed by atoms with E-state index in [4.69, 9.17) is 0 Å². The van der Waals surface area contributed by atoms with Gasteiger partial charge in [-0.3, -0.25) is 4.90 Å². The first-order valence-electron chi connectivity index (χ1n) is 8.71. The molecular weight excluding hydrogens is 256 g/mol. The maximum absolute atomic E-state index is 3.74. The summed E-state index contributed by atoms with van der Waals surface area (Å²) >= 11 is 0. The predicted octanol–water partition coefficient (Wildman–Crippen LogP) is 4.24. The number of piperidine rings is 1. The zero-order valence-corrected chi connectivity index (χ0v) is 14.2. The van der Waals surface area contributed by atoms with E-state index in [9.17, 15) is 0 Å². The molecule has 1 N–H and O–H groups in total. The number of likely N-dealkylation sites (tertiary alicyclic amines) is 1. The Kier molecular flexibility index (Phi) is 6.25. The average molecular weight is 288 g/mol. The first kappa shape index (κ1) is 16.5. The molecule has 1 aliphatic heterocycles. The zero-order valence-electron chi connectivity index (χ0n) is 14.2. The number of hydrogen-bond acceptors (Lipinski definition) is 2. The second-order valence-corrected chi connectivity index (χ2v) is 6.64. The number of rotatable bonds is 6. The monoisotopic (exact) mass is 288 g/mol. The van der Waals surface area contributed by atoms with Crippen molar-refractivity contribution in [1.29, 1.82) is 0 Å². The highest BCUT2D eigenvalue weighted by Crippen LogP contribution is 2.31. The van der Waals surface area contributed by atoms with Crippen LogP contribution >= 0.6 is 0 Å². The SMILES string of the molecule is CCNC(c1ccccc1)C(CC)N1CCC(C)CC1C. The van der Waals surface area contributed by atoms with Gasteiger partial charge in [-0.15, -0.1) is 0 Å². The summed E-state index contributed by atoms with van der Waals surface area (Å²) in [6.07, 6.45) is 3.88. The number of hydrogen-bond donors (Lipinski definition) is 1. The lowest BCUT2D eigenvalue weighted by atomic mass is 9.88. The molecular formula is C19H32N2. The molecule has 0 amide bonds. The van der Waals surface area contributed by atoms with Crippen molar-refractivity contribution in [3.8, 4) is 0 Å². The van der Waals surface area contributed by atoms with Gasteiger partial charge in [0.05, 0.1) is 0 Å². The van der Waals surface area contributed by atoms with Crippen LogP contribution in [0.25, 0.3) is 0 Å². The van der Waals surface area contributed by atoms with Gasteiger partial charge in [0.2, 0.25) is 0 Å². The topological polar surface area (TPSA) is 15.3 Å². The van der Waals surface area contributed by atoms with Crippen molar-refractivity contribution in [1.82, 2.24) is 10.2 Å². The largest absolute Gasteiger partial charge is 0.309 e. The molecule has 0 bridgehead atoms. The molecule has 1 saturated heterocycles. The molecule has 4 atom stereocenters. The summed E-state index contributed by atoms with van der Waals surface area (Å²) in [6.45, 7) is 11.6. The highest BCUT2D eigenvalue weighted by atomic mass is 15.2. The molecule has 1 aliphatic rings. The quantitative estimate of drug-likeness (QED) is 0.842. The molecule has 1 fully saturated rings. The van der Waals surface area contributed by atoms with Crippen LogP contribution in [0, 0.1) is 5.92 Å². The summed E-state index contributed by atoms with van der Waals surface area (Å²) in [6, 6.07) is 12.7. The molecule has 1 aromatic rings. The molecule has 2 heteroatoms. The van der Waals surface area contributed by atoms with E-state index in [0.29, 0.717) is 18.1 Å². The lowest BCUT2D eigenvalue weighted by Gasteiger charge is -2.45. The van der Waals surface area contributed by atoms with Gasteiger partial charge in [0.15, 0.2) is 0 Å². The molecule has 1 aromatic carbocycles. The summed E-state index contributed by atoms with van der Waals surface area (Å²) in [5.41, 5.74) is 1.43. The van der Waals surface area contributed by atoms with Gasteiger partial charge in [-0.2, -0.15) is 0 Å². The van der Waals surface area contributed by atoms with Gasteiger partial charge in [0.25, 0.3) is 0 Å². The molecule has 2 rings (SSSR count). The van der Waals surface area contributed by atoms with Gasteiger partial charge in [0.1, 0.15) is 0 Å². The summed E-state index contributed by atoms with van der Waals surface area (Å²) < 4.78 is 0. The third-order valence-electron chi connectivity index (χ3n) is 5.00. The first-order valence-corrected chi connectivity index (χ1v) is 8.71. The molecule has 0 aliphatic carbocycles. The molecule has 0 saturated carbocycles. The smallest absolute Gasteiger partial charge is 0.0478 e. The second-order valence-electron chi connectivity index (χ2n) is 6.64. The standard InChI is InChI=1S/C19H32N2/c1-5-18(21-13-12-15(3)14-16(21)4)19(20-6-2)17-10-8-7-9-11-17/h7-11,15-16,18-20H,5-6,12-14H2,1-4H3. The molecule has 2 nitrogen and oxygen atoms in total. The van der Waals surface area contributed by atoms with E-state index in [1.165, 1.54) is 31.4 Å². The van der Waals surface area contributed by atoms with E-state index < -0.39 is 0 Å². The van der Waals surface area contributed by atoms with E-state index in [0.717, 1.165) is 12.5 Å². The van der Waals surface area contributed by atoms with E-state index in [2.05, 4.69) is 68.2 Å². The Morgan fingerprint density at radius 2 is 1.90 bits per heavy atom. The Morgan fingerprint density at radius 3 is 2.48 bits per heavy atom. The Balaban J connectivity index is 2.19. The third kappa shape index (κ3) is 4.08. The van der Waals surface area contributed by atoms with Crippen molar-refractivity contribution in [3.05, 3.63) is 35.9 Å².